The van der Waals surface area contributed by atoms with Crippen LogP contribution in [-0.4, -0.2) is 41.4 Å². The molecule has 2 N–H and O–H groups in total. The number of hydrogen-bond acceptors (Lipinski definition) is 5. The molecule has 154 valence electrons. The van der Waals surface area contributed by atoms with E-state index in [1.54, 1.807) is 4.90 Å². The number of nitrogens with zero attached hydrogens (tertiary/aromatic N) is 3. The monoisotopic (exact) mass is 407 g/mol. The van der Waals surface area contributed by atoms with Crippen molar-refractivity contribution in [3.8, 4) is 11.5 Å². The largest absolute Gasteiger partial charge is 0.454 e. The lowest BCUT2D eigenvalue weighted by Gasteiger charge is -2.15. The van der Waals surface area contributed by atoms with E-state index in [1.165, 1.54) is 0 Å². The first-order valence-corrected chi connectivity index (χ1v) is 9.85. The van der Waals surface area contributed by atoms with Gasteiger partial charge in [0.15, 0.2) is 11.5 Å². The SMILES string of the molecule is O=C(CCNC(=O)N1CCn2c1nc1ccccc12)NCc1ccc2c(c1)OCO2. The third-order valence-corrected chi connectivity index (χ3v) is 5.22. The maximum atomic E-state index is 12.6. The zero-order valence-corrected chi connectivity index (χ0v) is 16.3. The minimum Gasteiger partial charge on any atom is -0.454 e. The smallest absolute Gasteiger partial charge is 0.324 e. The van der Waals surface area contributed by atoms with Crippen LogP contribution in [0.1, 0.15) is 12.0 Å². The highest BCUT2D eigenvalue weighted by molar-refractivity contribution is 5.94. The number of carbonyl (C=O) groups is 2. The fourth-order valence-corrected chi connectivity index (χ4v) is 3.70. The van der Waals surface area contributed by atoms with Gasteiger partial charge in [-0.2, -0.15) is 0 Å². The van der Waals surface area contributed by atoms with E-state index in [1.807, 2.05) is 47.0 Å². The molecule has 2 aliphatic rings. The lowest BCUT2D eigenvalue weighted by molar-refractivity contribution is -0.121. The number of rotatable bonds is 5. The van der Waals surface area contributed by atoms with Gasteiger partial charge in [-0.1, -0.05) is 18.2 Å². The van der Waals surface area contributed by atoms with Crippen molar-refractivity contribution in [2.45, 2.75) is 19.5 Å². The predicted octanol–water partition coefficient (Wildman–Crippen LogP) is 2.00. The summed E-state index contributed by atoms with van der Waals surface area (Å²) < 4.78 is 12.6. The molecule has 1 aromatic heterocycles. The number of nitrogens with one attached hydrogen (secondary N) is 2. The summed E-state index contributed by atoms with van der Waals surface area (Å²) in [5.41, 5.74) is 2.81. The first kappa shape index (κ1) is 18.3. The van der Waals surface area contributed by atoms with Crippen molar-refractivity contribution in [3.63, 3.8) is 0 Å². The lowest BCUT2D eigenvalue weighted by Crippen LogP contribution is -2.40. The summed E-state index contributed by atoms with van der Waals surface area (Å²) in [7, 11) is 0. The van der Waals surface area contributed by atoms with Crippen LogP contribution in [0.5, 0.6) is 11.5 Å². The van der Waals surface area contributed by atoms with Crippen LogP contribution >= 0.6 is 0 Å². The van der Waals surface area contributed by atoms with Crippen molar-refractivity contribution in [1.82, 2.24) is 20.2 Å². The Kier molecular flexibility index (Phi) is 4.62. The van der Waals surface area contributed by atoms with Crippen LogP contribution in [0, 0.1) is 0 Å². The van der Waals surface area contributed by atoms with Gasteiger partial charge in [0.05, 0.1) is 11.0 Å². The Labute approximate surface area is 172 Å². The highest BCUT2D eigenvalue weighted by Gasteiger charge is 2.28. The third-order valence-electron chi connectivity index (χ3n) is 5.22. The lowest BCUT2D eigenvalue weighted by atomic mass is 10.2. The first-order valence-electron chi connectivity index (χ1n) is 9.85. The summed E-state index contributed by atoms with van der Waals surface area (Å²) in [6, 6.07) is 13.1. The molecule has 2 aliphatic heterocycles. The zero-order chi connectivity index (χ0) is 20.5. The molecule has 3 amide bonds. The normalized spacial score (nSPS) is 14.1. The van der Waals surface area contributed by atoms with Crippen molar-refractivity contribution in [3.05, 3.63) is 48.0 Å². The van der Waals surface area contributed by atoms with Gasteiger partial charge in [0.25, 0.3) is 0 Å². The summed E-state index contributed by atoms with van der Waals surface area (Å²) in [6.07, 6.45) is 0.195. The van der Waals surface area contributed by atoms with E-state index in [9.17, 15) is 9.59 Å². The highest BCUT2D eigenvalue weighted by atomic mass is 16.7. The second-order valence-electron chi connectivity index (χ2n) is 7.15. The number of hydrogen-bond donors (Lipinski definition) is 2. The van der Waals surface area contributed by atoms with E-state index >= 15 is 0 Å². The predicted molar refractivity (Wildman–Crippen MR) is 110 cm³/mol. The van der Waals surface area contributed by atoms with Gasteiger partial charge in [-0.25, -0.2) is 9.78 Å². The fraction of sp³-hybridized carbons (Fsp3) is 0.286. The van der Waals surface area contributed by atoms with Crippen molar-refractivity contribution in [2.24, 2.45) is 0 Å². The Balaban J connectivity index is 1.10. The van der Waals surface area contributed by atoms with Crippen molar-refractivity contribution in [1.29, 1.82) is 0 Å². The number of urea groups is 1. The number of imidazole rings is 1. The van der Waals surface area contributed by atoms with Gasteiger partial charge in [-0.15, -0.1) is 0 Å². The summed E-state index contributed by atoms with van der Waals surface area (Å²) in [5, 5.41) is 5.66. The molecule has 0 saturated heterocycles. The molecule has 0 aliphatic carbocycles. The molecule has 0 bridgehead atoms. The van der Waals surface area contributed by atoms with E-state index < -0.39 is 0 Å². The second kappa shape index (κ2) is 7.58. The minimum absolute atomic E-state index is 0.137. The average molecular weight is 407 g/mol. The zero-order valence-electron chi connectivity index (χ0n) is 16.3. The Hall–Kier alpha value is -3.75. The van der Waals surface area contributed by atoms with Crippen molar-refractivity contribution in [2.75, 3.05) is 24.8 Å². The summed E-state index contributed by atoms with van der Waals surface area (Å²) in [5.74, 6) is 1.90. The Morgan fingerprint density at radius 2 is 1.90 bits per heavy atom. The molecule has 0 fully saturated rings. The van der Waals surface area contributed by atoms with Crippen LogP contribution in [0.3, 0.4) is 0 Å². The molecule has 2 aromatic carbocycles. The van der Waals surface area contributed by atoms with Crippen molar-refractivity contribution < 1.29 is 19.1 Å². The fourth-order valence-electron chi connectivity index (χ4n) is 3.70. The van der Waals surface area contributed by atoms with Crippen LogP contribution in [0.2, 0.25) is 0 Å². The van der Waals surface area contributed by atoms with Gasteiger partial charge >= 0.3 is 6.03 Å². The number of amides is 3. The van der Waals surface area contributed by atoms with E-state index in [4.69, 9.17) is 9.47 Å². The van der Waals surface area contributed by atoms with E-state index in [0.29, 0.717) is 37.1 Å². The number of ether oxygens (including phenoxy) is 2. The maximum Gasteiger partial charge on any atom is 0.324 e. The van der Waals surface area contributed by atoms with Gasteiger partial charge in [-0.05, 0) is 29.8 Å². The number of fused-ring (bicyclic) bond motifs is 4. The van der Waals surface area contributed by atoms with Crippen LogP contribution in [0.4, 0.5) is 10.7 Å². The molecule has 0 radical (unpaired) electrons. The quantitative estimate of drug-likeness (QED) is 0.674. The molecule has 30 heavy (non-hydrogen) atoms. The summed E-state index contributed by atoms with van der Waals surface area (Å²) in [4.78, 5) is 30.9. The standard InChI is InChI=1S/C21H21N5O4/c27-19(23-12-14-5-6-17-18(11-14)30-13-29-17)7-8-22-21(28)26-10-9-25-16-4-2-1-3-15(16)24-20(25)26/h1-6,11H,7-10,12-13H2,(H,22,28)(H,23,27). The molecule has 9 heteroatoms. The molecule has 5 rings (SSSR count). The van der Waals surface area contributed by atoms with Gasteiger partial charge in [0.1, 0.15) is 0 Å². The minimum atomic E-state index is -0.243. The van der Waals surface area contributed by atoms with E-state index in [2.05, 4.69) is 15.6 Å². The number of benzene rings is 2. The summed E-state index contributed by atoms with van der Waals surface area (Å²) in [6.45, 7) is 2.13. The third kappa shape index (κ3) is 3.38. The van der Waals surface area contributed by atoms with E-state index in [-0.39, 0.29) is 31.7 Å². The Morgan fingerprint density at radius 1 is 1.03 bits per heavy atom. The highest BCUT2D eigenvalue weighted by Crippen LogP contribution is 2.32. The topological polar surface area (TPSA) is 97.7 Å². The number of anilines is 1. The molecular weight excluding hydrogens is 386 g/mol. The first-order chi connectivity index (χ1) is 14.7. The van der Waals surface area contributed by atoms with Crippen LogP contribution in [0.15, 0.2) is 42.5 Å². The van der Waals surface area contributed by atoms with E-state index in [0.717, 1.165) is 16.6 Å². The van der Waals surface area contributed by atoms with Crippen LogP contribution in [0.25, 0.3) is 11.0 Å². The van der Waals surface area contributed by atoms with Crippen LogP contribution in [-0.2, 0) is 17.9 Å². The molecule has 9 nitrogen and oxygen atoms in total. The molecule has 0 spiro atoms. The molecular formula is C21H21N5O4. The average Bonchev–Trinajstić information content (AvgIpc) is 3.46. The molecule has 0 saturated carbocycles. The van der Waals surface area contributed by atoms with Gasteiger partial charge in [0.2, 0.25) is 18.6 Å². The second-order valence-corrected chi connectivity index (χ2v) is 7.15. The Morgan fingerprint density at radius 3 is 2.83 bits per heavy atom. The molecule has 0 unspecified atom stereocenters. The molecule has 3 heterocycles. The van der Waals surface area contributed by atoms with Gasteiger partial charge in [-0.3, -0.25) is 9.69 Å². The van der Waals surface area contributed by atoms with Gasteiger partial charge < -0.3 is 24.7 Å². The molecule has 0 atom stereocenters. The van der Waals surface area contributed by atoms with Gasteiger partial charge in [0, 0.05) is 32.6 Å². The maximum absolute atomic E-state index is 12.6. The number of carbonyl (C=O) groups excluding carboxylic acids is 2. The molecule has 3 aromatic rings. The van der Waals surface area contributed by atoms with Crippen LogP contribution < -0.4 is 25.0 Å². The van der Waals surface area contributed by atoms with Crippen molar-refractivity contribution >= 4 is 28.9 Å². The number of para-hydroxylation sites is 2. The number of aromatic nitrogens is 2. The summed E-state index contributed by atoms with van der Waals surface area (Å²) >= 11 is 0. The Bertz CT molecular complexity index is 1130.